The van der Waals surface area contributed by atoms with Crippen LogP contribution >= 0.6 is 0 Å². The van der Waals surface area contributed by atoms with E-state index in [1.807, 2.05) is 28.8 Å². The summed E-state index contributed by atoms with van der Waals surface area (Å²) in [6.07, 6.45) is 12.5. The average Bonchev–Trinajstić information content (AvgIpc) is 3.39. The molecule has 3 fully saturated rings. The molecule has 0 unspecified atom stereocenters. The summed E-state index contributed by atoms with van der Waals surface area (Å²) in [5.41, 5.74) is 2.36. The van der Waals surface area contributed by atoms with E-state index in [1.165, 1.54) is 57.9 Å². The number of aromatic nitrogens is 2. The number of nitrogens with zero attached hydrogens (tertiary/aromatic N) is 3. The molecule has 1 aromatic carbocycles. The van der Waals surface area contributed by atoms with E-state index in [0.29, 0.717) is 5.41 Å². The van der Waals surface area contributed by atoms with Crippen molar-refractivity contribution in [1.82, 2.24) is 14.0 Å². The van der Waals surface area contributed by atoms with Crippen LogP contribution < -0.4 is 5.69 Å². The highest BCUT2D eigenvalue weighted by molar-refractivity contribution is 5.76. The number of likely N-dealkylation sites (tertiary alicyclic amines) is 1. The van der Waals surface area contributed by atoms with E-state index >= 15 is 0 Å². The van der Waals surface area contributed by atoms with Crippen molar-refractivity contribution < 1.29 is 10.2 Å². The molecule has 0 amide bonds. The average molecular weight is 442 g/mol. The fraction of sp³-hybridized carbons (Fsp3) is 0.731. The topological polar surface area (TPSA) is 70.6 Å². The predicted octanol–water partition coefficient (Wildman–Crippen LogP) is 3.54. The Morgan fingerprint density at radius 2 is 1.62 bits per heavy atom. The standard InChI is InChI=1S/C26H39N3O3/c30-19-22(31)18-28-23-8-1-2-9-24(23)29(25(28)32)21-10-15-27(16-11-21)17-20-7-3-4-12-26(20)13-5-6-14-26/h1-2,8-9,20-22,30-31H,3-7,10-19H2/t20-,22+/m1/s1. The van der Waals surface area contributed by atoms with Gasteiger partial charge in [-0.15, -0.1) is 0 Å². The maximum absolute atomic E-state index is 13.3. The van der Waals surface area contributed by atoms with Crippen LogP contribution in [0.1, 0.15) is 70.3 Å². The molecule has 1 aromatic heterocycles. The number of imidazole rings is 1. The van der Waals surface area contributed by atoms with Crippen LogP contribution in [-0.4, -0.2) is 56.6 Å². The molecule has 2 aromatic rings. The molecular formula is C26H39N3O3. The van der Waals surface area contributed by atoms with Gasteiger partial charge in [0.1, 0.15) is 0 Å². The second-order valence-corrected chi connectivity index (χ2v) is 10.6. The summed E-state index contributed by atoms with van der Waals surface area (Å²) in [5, 5.41) is 19.2. The molecule has 0 radical (unpaired) electrons. The van der Waals surface area contributed by atoms with E-state index in [2.05, 4.69) is 4.90 Å². The predicted molar refractivity (Wildman–Crippen MR) is 127 cm³/mol. The molecular weight excluding hydrogens is 402 g/mol. The highest BCUT2D eigenvalue weighted by Crippen LogP contribution is 2.52. The molecule has 0 bridgehead atoms. The van der Waals surface area contributed by atoms with Crippen LogP contribution in [0.15, 0.2) is 29.1 Å². The van der Waals surface area contributed by atoms with Gasteiger partial charge >= 0.3 is 5.69 Å². The number of piperidine rings is 1. The second-order valence-electron chi connectivity index (χ2n) is 10.6. The number of benzene rings is 1. The van der Waals surface area contributed by atoms with E-state index < -0.39 is 6.10 Å². The number of hydrogen-bond acceptors (Lipinski definition) is 4. The van der Waals surface area contributed by atoms with Gasteiger partial charge in [0.2, 0.25) is 0 Å². The monoisotopic (exact) mass is 441 g/mol. The molecule has 2 N–H and O–H groups in total. The zero-order valence-electron chi connectivity index (χ0n) is 19.3. The van der Waals surface area contributed by atoms with Gasteiger partial charge in [-0.1, -0.05) is 37.8 Å². The number of rotatable bonds is 6. The normalized spacial score (nSPS) is 25.6. The van der Waals surface area contributed by atoms with E-state index in [9.17, 15) is 15.0 Å². The first-order valence-corrected chi connectivity index (χ1v) is 12.8. The van der Waals surface area contributed by atoms with Gasteiger partial charge in [-0.2, -0.15) is 0 Å². The Bertz CT molecular complexity index is 966. The van der Waals surface area contributed by atoms with Gasteiger partial charge in [-0.25, -0.2) is 4.79 Å². The molecule has 6 nitrogen and oxygen atoms in total. The van der Waals surface area contributed by atoms with Crippen molar-refractivity contribution in [3.8, 4) is 0 Å². The molecule has 32 heavy (non-hydrogen) atoms. The lowest BCUT2D eigenvalue weighted by Gasteiger charge is -2.45. The van der Waals surface area contributed by atoms with Gasteiger partial charge in [-0.3, -0.25) is 9.13 Å². The van der Waals surface area contributed by atoms with Crippen LogP contribution in [0.25, 0.3) is 11.0 Å². The van der Waals surface area contributed by atoms with Gasteiger partial charge in [0.25, 0.3) is 0 Å². The summed E-state index contributed by atoms with van der Waals surface area (Å²) in [6, 6.07) is 8.06. The molecule has 1 spiro atoms. The molecule has 2 aliphatic carbocycles. The first-order chi connectivity index (χ1) is 15.6. The van der Waals surface area contributed by atoms with Crippen molar-refractivity contribution in [2.45, 2.75) is 82.9 Å². The Balaban J connectivity index is 1.30. The lowest BCUT2D eigenvalue weighted by atomic mass is 9.65. The van der Waals surface area contributed by atoms with Crippen molar-refractivity contribution in [1.29, 1.82) is 0 Å². The van der Waals surface area contributed by atoms with E-state index in [4.69, 9.17) is 0 Å². The fourth-order valence-electron chi connectivity index (χ4n) is 7.10. The van der Waals surface area contributed by atoms with Gasteiger partial charge in [0.05, 0.1) is 30.3 Å². The van der Waals surface area contributed by atoms with E-state index in [-0.39, 0.29) is 24.9 Å². The van der Waals surface area contributed by atoms with Gasteiger partial charge in [0, 0.05) is 25.7 Å². The van der Waals surface area contributed by atoms with Crippen LogP contribution in [0.2, 0.25) is 0 Å². The van der Waals surface area contributed by atoms with Crippen molar-refractivity contribution in [3.05, 3.63) is 34.7 Å². The zero-order valence-corrected chi connectivity index (χ0v) is 19.3. The number of aliphatic hydroxyl groups excluding tert-OH is 2. The van der Waals surface area contributed by atoms with E-state index in [1.54, 1.807) is 4.57 Å². The Labute approximate surface area is 190 Å². The summed E-state index contributed by atoms with van der Waals surface area (Å²) in [4.78, 5) is 16.0. The molecule has 3 aliphatic rings. The Morgan fingerprint density at radius 3 is 2.31 bits per heavy atom. The largest absolute Gasteiger partial charge is 0.394 e. The first-order valence-electron chi connectivity index (χ1n) is 12.8. The summed E-state index contributed by atoms with van der Waals surface area (Å²) in [5.74, 6) is 0.861. The molecule has 5 rings (SSSR count). The fourth-order valence-corrected chi connectivity index (χ4v) is 7.10. The van der Waals surface area contributed by atoms with Crippen molar-refractivity contribution in [2.24, 2.45) is 11.3 Å². The lowest BCUT2D eigenvalue weighted by molar-refractivity contribution is 0.0513. The van der Waals surface area contributed by atoms with E-state index in [0.717, 1.165) is 42.9 Å². The molecule has 2 heterocycles. The highest BCUT2D eigenvalue weighted by atomic mass is 16.3. The van der Waals surface area contributed by atoms with Crippen LogP contribution in [0, 0.1) is 11.3 Å². The van der Waals surface area contributed by atoms with Crippen molar-refractivity contribution in [3.63, 3.8) is 0 Å². The Morgan fingerprint density at radius 1 is 0.969 bits per heavy atom. The Hall–Kier alpha value is -1.63. The van der Waals surface area contributed by atoms with Gasteiger partial charge in [0.15, 0.2) is 0 Å². The summed E-state index contributed by atoms with van der Waals surface area (Å²) in [6.45, 7) is 3.15. The molecule has 1 saturated heterocycles. The van der Waals surface area contributed by atoms with Gasteiger partial charge in [-0.05, 0) is 62.0 Å². The minimum atomic E-state index is -0.924. The van der Waals surface area contributed by atoms with Crippen LogP contribution in [-0.2, 0) is 6.54 Å². The first kappa shape index (κ1) is 22.2. The third-order valence-corrected chi connectivity index (χ3v) is 8.82. The Kier molecular flexibility index (Phi) is 6.46. The molecule has 176 valence electrons. The summed E-state index contributed by atoms with van der Waals surface area (Å²) < 4.78 is 3.59. The molecule has 6 heteroatoms. The van der Waals surface area contributed by atoms with Crippen molar-refractivity contribution >= 4 is 11.0 Å². The maximum atomic E-state index is 13.3. The maximum Gasteiger partial charge on any atom is 0.329 e. The summed E-state index contributed by atoms with van der Waals surface area (Å²) in [7, 11) is 0. The molecule has 1 aliphatic heterocycles. The number of aliphatic hydroxyl groups is 2. The minimum Gasteiger partial charge on any atom is -0.394 e. The third kappa shape index (κ3) is 4.06. The summed E-state index contributed by atoms with van der Waals surface area (Å²) >= 11 is 0. The SMILES string of the molecule is O=c1n(C[C@H](O)CO)c2ccccc2n1C1CCN(C[C@H]2CCCCC23CCCC3)CC1. The quantitative estimate of drug-likeness (QED) is 0.719. The highest BCUT2D eigenvalue weighted by Gasteiger charge is 2.43. The van der Waals surface area contributed by atoms with Crippen LogP contribution in [0.5, 0.6) is 0 Å². The number of hydrogen-bond donors (Lipinski definition) is 2. The van der Waals surface area contributed by atoms with Crippen LogP contribution in [0.4, 0.5) is 0 Å². The smallest absolute Gasteiger partial charge is 0.329 e. The molecule has 2 saturated carbocycles. The van der Waals surface area contributed by atoms with Crippen LogP contribution in [0.3, 0.4) is 0 Å². The zero-order chi connectivity index (χ0) is 22.1. The number of fused-ring (bicyclic) bond motifs is 1. The number of para-hydroxylation sites is 2. The van der Waals surface area contributed by atoms with Gasteiger partial charge < -0.3 is 15.1 Å². The van der Waals surface area contributed by atoms with Crippen molar-refractivity contribution in [2.75, 3.05) is 26.2 Å². The second kappa shape index (κ2) is 9.32. The molecule has 2 atom stereocenters. The lowest BCUT2D eigenvalue weighted by Crippen LogP contribution is -2.44. The minimum absolute atomic E-state index is 0.0608. The third-order valence-electron chi connectivity index (χ3n) is 8.82.